The quantitative estimate of drug-likeness (QED) is 0.799. The molecule has 0 aliphatic rings. The molecule has 6 heteroatoms. The number of methoxy groups -OCH3 is 1. The minimum absolute atomic E-state index is 0.170. The second kappa shape index (κ2) is 3.88. The number of carbonyl (C=O) groups excluding carboxylic acids is 1. The van der Waals surface area contributed by atoms with Crippen molar-refractivity contribution in [2.45, 2.75) is 6.43 Å². The number of para-hydroxylation sites is 1. The van der Waals surface area contributed by atoms with Crippen LogP contribution in [0.5, 0.6) is 0 Å². The van der Waals surface area contributed by atoms with E-state index in [1.165, 1.54) is 13.2 Å². The van der Waals surface area contributed by atoms with Gasteiger partial charge in [0.25, 0.3) is 6.43 Å². The van der Waals surface area contributed by atoms with Gasteiger partial charge < -0.3 is 9.72 Å². The number of esters is 1. The van der Waals surface area contributed by atoms with Gasteiger partial charge in [0.05, 0.1) is 18.2 Å². The third-order valence-corrected chi connectivity index (χ3v) is 2.14. The molecule has 0 spiro atoms. The largest absolute Gasteiger partial charge is 0.465 e. The smallest absolute Gasteiger partial charge is 0.340 e. The maximum atomic E-state index is 12.4. The second-order valence-electron chi connectivity index (χ2n) is 3.12. The molecule has 1 N–H and O–H groups in total. The predicted octanol–water partition coefficient (Wildman–Crippen LogP) is 2.29. The van der Waals surface area contributed by atoms with Crippen LogP contribution in [0.25, 0.3) is 11.0 Å². The maximum Gasteiger partial charge on any atom is 0.340 e. The first-order valence-electron chi connectivity index (χ1n) is 4.48. The second-order valence-corrected chi connectivity index (χ2v) is 3.12. The summed E-state index contributed by atoms with van der Waals surface area (Å²) in [4.78, 5) is 17.5. The van der Waals surface area contributed by atoms with Gasteiger partial charge in [-0.1, -0.05) is 6.07 Å². The van der Waals surface area contributed by atoms with E-state index in [9.17, 15) is 13.6 Å². The molecule has 0 saturated heterocycles. The Morgan fingerprint density at radius 2 is 2.25 bits per heavy atom. The van der Waals surface area contributed by atoms with E-state index in [0.29, 0.717) is 5.52 Å². The number of fused-ring (bicyclic) bond motifs is 1. The van der Waals surface area contributed by atoms with Gasteiger partial charge in [-0.3, -0.25) is 0 Å². The van der Waals surface area contributed by atoms with Gasteiger partial charge in [-0.2, -0.15) is 0 Å². The Bertz CT molecular complexity index is 537. The molecule has 0 radical (unpaired) electrons. The molecular formula is C10H8F2N2O2. The molecule has 0 atom stereocenters. The zero-order valence-electron chi connectivity index (χ0n) is 8.33. The van der Waals surface area contributed by atoms with Crippen LogP contribution in [-0.4, -0.2) is 23.0 Å². The van der Waals surface area contributed by atoms with E-state index >= 15 is 0 Å². The van der Waals surface area contributed by atoms with Crippen molar-refractivity contribution in [3.05, 3.63) is 29.6 Å². The average Bonchev–Trinajstić information content (AvgIpc) is 2.71. The van der Waals surface area contributed by atoms with Crippen molar-refractivity contribution in [3.8, 4) is 0 Å². The average molecular weight is 226 g/mol. The number of aromatic amines is 1. The molecule has 4 nitrogen and oxygen atoms in total. The summed E-state index contributed by atoms with van der Waals surface area (Å²) in [5, 5.41) is 0. The summed E-state index contributed by atoms with van der Waals surface area (Å²) in [5.74, 6) is -1.05. The Labute approximate surface area is 89.2 Å². The highest BCUT2D eigenvalue weighted by atomic mass is 19.3. The van der Waals surface area contributed by atoms with Gasteiger partial charge in [-0.25, -0.2) is 18.6 Å². The Morgan fingerprint density at radius 3 is 2.88 bits per heavy atom. The fourth-order valence-corrected chi connectivity index (χ4v) is 1.43. The van der Waals surface area contributed by atoms with Crippen LogP contribution in [-0.2, 0) is 4.74 Å². The fourth-order valence-electron chi connectivity index (χ4n) is 1.43. The molecule has 16 heavy (non-hydrogen) atoms. The van der Waals surface area contributed by atoms with Gasteiger partial charge in [-0.15, -0.1) is 0 Å². The summed E-state index contributed by atoms with van der Waals surface area (Å²) >= 11 is 0. The predicted molar refractivity (Wildman–Crippen MR) is 52.4 cm³/mol. The lowest BCUT2D eigenvalue weighted by atomic mass is 10.2. The molecule has 1 heterocycles. The maximum absolute atomic E-state index is 12.4. The Morgan fingerprint density at radius 1 is 1.50 bits per heavy atom. The zero-order chi connectivity index (χ0) is 11.7. The summed E-state index contributed by atoms with van der Waals surface area (Å²) in [6.45, 7) is 0. The van der Waals surface area contributed by atoms with Crippen molar-refractivity contribution >= 4 is 17.0 Å². The summed E-state index contributed by atoms with van der Waals surface area (Å²) in [5.41, 5.74) is 0.756. The van der Waals surface area contributed by atoms with E-state index in [-0.39, 0.29) is 11.1 Å². The van der Waals surface area contributed by atoms with Crippen molar-refractivity contribution in [2.24, 2.45) is 0 Å². The summed E-state index contributed by atoms with van der Waals surface area (Å²) in [7, 11) is 1.22. The minimum atomic E-state index is -2.70. The number of ether oxygens (including phenoxy) is 1. The number of hydrogen-bond donors (Lipinski definition) is 1. The van der Waals surface area contributed by atoms with Crippen LogP contribution in [0.1, 0.15) is 22.6 Å². The SMILES string of the molecule is COC(=O)c1cccc2[nH]c(C(F)F)nc12. The van der Waals surface area contributed by atoms with Crippen LogP contribution in [0.15, 0.2) is 18.2 Å². The first-order valence-corrected chi connectivity index (χ1v) is 4.48. The molecule has 2 rings (SSSR count). The molecule has 1 aromatic heterocycles. The number of imidazole rings is 1. The monoisotopic (exact) mass is 226 g/mol. The standard InChI is InChI=1S/C10H8F2N2O2/c1-16-10(15)5-3-2-4-6-7(5)14-9(13-6)8(11)12/h2-4,8H,1H3,(H,13,14). The number of hydrogen-bond acceptors (Lipinski definition) is 3. The lowest BCUT2D eigenvalue weighted by Crippen LogP contribution is -2.01. The minimum Gasteiger partial charge on any atom is -0.465 e. The number of carbonyl (C=O) groups is 1. The summed E-state index contributed by atoms with van der Waals surface area (Å²) in [6, 6.07) is 4.62. The van der Waals surface area contributed by atoms with Gasteiger partial charge >= 0.3 is 5.97 Å². The summed E-state index contributed by atoms with van der Waals surface area (Å²) < 4.78 is 29.4. The van der Waals surface area contributed by atoms with Crippen LogP contribution in [0.4, 0.5) is 8.78 Å². The highest BCUT2D eigenvalue weighted by Crippen LogP contribution is 2.22. The molecule has 0 aliphatic carbocycles. The van der Waals surface area contributed by atoms with Crippen LogP contribution in [0.3, 0.4) is 0 Å². The number of nitrogens with zero attached hydrogens (tertiary/aromatic N) is 1. The van der Waals surface area contributed by atoms with Crippen LogP contribution in [0.2, 0.25) is 0 Å². The van der Waals surface area contributed by atoms with E-state index < -0.39 is 18.2 Å². The molecule has 0 fully saturated rings. The lowest BCUT2D eigenvalue weighted by molar-refractivity contribution is 0.0602. The van der Waals surface area contributed by atoms with E-state index in [2.05, 4.69) is 14.7 Å². The number of halogens is 2. The third-order valence-electron chi connectivity index (χ3n) is 2.14. The van der Waals surface area contributed by atoms with Gasteiger partial charge in [0, 0.05) is 0 Å². The van der Waals surface area contributed by atoms with Crippen LogP contribution < -0.4 is 0 Å². The lowest BCUT2D eigenvalue weighted by Gasteiger charge is -1.98. The van der Waals surface area contributed by atoms with Gasteiger partial charge in [0.2, 0.25) is 0 Å². The highest BCUT2D eigenvalue weighted by Gasteiger charge is 2.17. The van der Waals surface area contributed by atoms with Gasteiger partial charge in [-0.05, 0) is 12.1 Å². The van der Waals surface area contributed by atoms with Crippen molar-refractivity contribution in [1.29, 1.82) is 0 Å². The first-order chi connectivity index (χ1) is 7.63. The normalized spacial score (nSPS) is 11.0. The third kappa shape index (κ3) is 1.62. The zero-order valence-corrected chi connectivity index (χ0v) is 8.33. The molecule has 0 amide bonds. The molecule has 0 aliphatic heterocycles. The number of alkyl halides is 2. The Kier molecular flexibility index (Phi) is 2.55. The van der Waals surface area contributed by atoms with Crippen molar-refractivity contribution < 1.29 is 18.3 Å². The number of H-pyrrole nitrogens is 1. The van der Waals surface area contributed by atoms with E-state index in [1.807, 2.05) is 0 Å². The van der Waals surface area contributed by atoms with Crippen LogP contribution in [0, 0.1) is 0 Å². The number of rotatable bonds is 2. The molecule has 84 valence electrons. The Hall–Kier alpha value is -1.98. The van der Waals surface area contributed by atoms with Crippen LogP contribution >= 0.6 is 0 Å². The first kappa shape index (κ1) is 10.5. The van der Waals surface area contributed by atoms with Crippen molar-refractivity contribution in [3.63, 3.8) is 0 Å². The Balaban J connectivity index is 2.63. The molecular weight excluding hydrogens is 218 g/mol. The molecule has 0 unspecified atom stereocenters. The number of nitrogens with one attached hydrogen (secondary N) is 1. The molecule has 0 saturated carbocycles. The van der Waals surface area contributed by atoms with Crippen molar-refractivity contribution in [1.82, 2.24) is 9.97 Å². The number of benzene rings is 1. The highest BCUT2D eigenvalue weighted by molar-refractivity contribution is 6.01. The molecule has 0 bridgehead atoms. The fraction of sp³-hybridized carbons (Fsp3) is 0.200. The van der Waals surface area contributed by atoms with Crippen molar-refractivity contribution in [2.75, 3.05) is 7.11 Å². The van der Waals surface area contributed by atoms with E-state index in [0.717, 1.165) is 0 Å². The van der Waals surface area contributed by atoms with Gasteiger partial charge in [0.15, 0.2) is 5.82 Å². The molecule has 2 aromatic rings. The summed E-state index contributed by atoms with van der Waals surface area (Å²) in [6.07, 6.45) is -2.70. The topological polar surface area (TPSA) is 55.0 Å². The number of aromatic nitrogens is 2. The van der Waals surface area contributed by atoms with Gasteiger partial charge in [0.1, 0.15) is 5.52 Å². The molecule has 1 aromatic carbocycles. The van der Waals surface area contributed by atoms with E-state index in [4.69, 9.17) is 0 Å². The van der Waals surface area contributed by atoms with E-state index in [1.54, 1.807) is 12.1 Å².